The molecule has 3 N–H and O–H groups in total. The highest BCUT2D eigenvalue weighted by atomic mass is 16.6. The molecule has 4 saturated heterocycles. The number of nitrogen functional groups attached to an aromatic ring is 1. The van der Waals surface area contributed by atoms with E-state index >= 15 is 0 Å². The summed E-state index contributed by atoms with van der Waals surface area (Å²) in [6.07, 6.45) is 1.52. The Kier molecular flexibility index (Phi) is 14.4. The van der Waals surface area contributed by atoms with Gasteiger partial charge in [0.2, 0.25) is 0 Å². The van der Waals surface area contributed by atoms with Crippen LogP contribution in [0.2, 0.25) is 0 Å². The Morgan fingerprint density at radius 2 is 1.33 bits per heavy atom. The van der Waals surface area contributed by atoms with E-state index in [0.717, 1.165) is 0 Å². The van der Waals surface area contributed by atoms with Crippen LogP contribution in [0.25, 0.3) is 0 Å². The third-order valence-electron chi connectivity index (χ3n) is 8.58. The minimum atomic E-state index is -0.879. The Labute approximate surface area is 296 Å². The van der Waals surface area contributed by atoms with Crippen LogP contribution >= 0.6 is 0 Å². The molecule has 1 aromatic rings. The maximum absolute atomic E-state index is 12.8. The quantitative estimate of drug-likeness (QED) is 0.372. The van der Waals surface area contributed by atoms with E-state index in [1.165, 1.54) is 17.1 Å². The standard InChI is InChI=1S/C16H24N6O4.C16H22N4O5/c1-2-7-26-16(24)22-4-3-21(15(23)20-5-8-25-9-6-20)11-13(22)12-10-14(17)19-18-12;1-2-9-25-16(23)20-6-5-19(12-13(20)14(21)3-4-17)15(22)18-7-10-24-11-8-18/h2,10,13H,1,3-9,11H2,(H3,17,18,19);2,13H,1,3,5-12H2. The fraction of sp³-hybridized carbons (Fsp3) is 0.594. The number of nitriles is 1. The first-order valence-electron chi connectivity index (χ1n) is 16.7. The number of hydrogen-bond donors (Lipinski definition) is 2. The zero-order chi connectivity index (χ0) is 36.8. The fourth-order valence-corrected chi connectivity index (χ4v) is 5.95. The number of amides is 6. The maximum Gasteiger partial charge on any atom is 0.410 e. The molecule has 1 aromatic heterocycles. The highest BCUT2D eigenvalue weighted by Gasteiger charge is 2.39. The number of hydrogen-bond acceptors (Lipinski definition) is 12. The zero-order valence-corrected chi connectivity index (χ0v) is 28.7. The van der Waals surface area contributed by atoms with Gasteiger partial charge in [-0.3, -0.25) is 19.7 Å². The molecule has 2 unspecified atom stereocenters. The lowest BCUT2D eigenvalue weighted by Crippen LogP contribution is -2.61. The van der Waals surface area contributed by atoms with E-state index in [1.54, 1.807) is 36.6 Å². The molecule has 0 bridgehead atoms. The van der Waals surface area contributed by atoms with Crippen molar-refractivity contribution in [3.05, 3.63) is 37.1 Å². The monoisotopic (exact) mass is 714 g/mol. The Morgan fingerprint density at radius 3 is 1.82 bits per heavy atom. The van der Waals surface area contributed by atoms with Crippen LogP contribution < -0.4 is 5.73 Å². The number of ketones is 1. The second-order valence-corrected chi connectivity index (χ2v) is 11.9. The number of piperazine rings is 2. The predicted molar refractivity (Wildman–Crippen MR) is 180 cm³/mol. The SMILES string of the molecule is C=CCOC(=O)N1CCN(C(=O)N2CCOCC2)CC1C(=O)CC#N.C=CCOC(=O)N1CCN(C(=O)N2CCOCC2)CC1c1cc(N)n[nH]1. The molecule has 4 aliphatic heterocycles. The number of urea groups is 2. The van der Waals surface area contributed by atoms with Crippen LogP contribution in [0, 0.1) is 11.3 Å². The number of rotatable bonds is 7. The average Bonchev–Trinajstić information content (AvgIpc) is 3.61. The number of nitrogens with two attached hydrogens (primary N) is 1. The second-order valence-electron chi connectivity index (χ2n) is 11.9. The van der Waals surface area contributed by atoms with Gasteiger partial charge in [0.25, 0.3) is 0 Å². The molecule has 19 heteroatoms. The number of ether oxygens (including phenoxy) is 4. The summed E-state index contributed by atoms with van der Waals surface area (Å²) in [5, 5.41) is 15.6. The molecule has 278 valence electrons. The van der Waals surface area contributed by atoms with Crippen molar-refractivity contribution in [2.75, 3.05) is 111 Å². The third kappa shape index (κ3) is 10.3. The lowest BCUT2D eigenvalue weighted by molar-refractivity contribution is -0.124. The summed E-state index contributed by atoms with van der Waals surface area (Å²) in [6, 6.07) is 1.95. The van der Waals surface area contributed by atoms with Crippen LogP contribution in [-0.2, 0) is 23.7 Å². The van der Waals surface area contributed by atoms with Crippen molar-refractivity contribution in [2.24, 2.45) is 0 Å². The molecule has 4 fully saturated rings. The number of carbonyl (C=O) groups is 5. The zero-order valence-electron chi connectivity index (χ0n) is 28.7. The van der Waals surface area contributed by atoms with E-state index in [4.69, 9.17) is 29.9 Å². The molecule has 0 radical (unpaired) electrons. The molecule has 51 heavy (non-hydrogen) atoms. The van der Waals surface area contributed by atoms with E-state index in [-0.39, 0.29) is 44.8 Å². The summed E-state index contributed by atoms with van der Waals surface area (Å²) < 4.78 is 20.7. The number of Topliss-reactive ketones (excluding diaryl/α,β-unsaturated/α-hetero) is 1. The molecular weight excluding hydrogens is 668 g/mol. The molecule has 0 aliphatic carbocycles. The van der Waals surface area contributed by atoms with Crippen LogP contribution in [0.4, 0.5) is 25.0 Å². The summed E-state index contributed by atoms with van der Waals surface area (Å²) >= 11 is 0. The van der Waals surface area contributed by atoms with Crippen LogP contribution in [0.5, 0.6) is 0 Å². The summed E-state index contributed by atoms with van der Waals surface area (Å²) in [5.41, 5.74) is 6.37. The topological polar surface area (TPSA) is 220 Å². The number of H-pyrrole nitrogens is 1. The van der Waals surface area contributed by atoms with Gasteiger partial charge < -0.3 is 44.3 Å². The number of nitrogens with zero attached hydrogens (tertiary/aromatic N) is 8. The van der Waals surface area contributed by atoms with Crippen LogP contribution in [0.1, 0.15) is 18.2 Å². The second kappa shape index (κ2) is 19.2. The van der Waals surface area contributed by atoms with Gasteiger partial charge in [-0.25, -0.2) is 19.2 Å². The summed E-state index contributed by atoms with van der Waals surface area (Å²) in [7, 11) is 0. The van der Waals surface area contributed by atoms with Gasteiger partial charge >= 0.3 is 24.2 Å². The first-order valence-corrected chi connectivity index (χ1v) is 16.7. The van der Waals surface area contributed by atoms with Crippen molar-refractivity contribution in [3.63, 3.8) is 0 Å². The van der Waals surface area contributed by atoms with Crippen molar-refractivity contribution in [1.82, 2.24) is 39.6 Å². The van der Waals surface area contributed by atoms with Gasteiger partial charge in [-0.15, -0.1) is 0 Å². The number of carbonyl (C=O) groups excluding carboxylic acids is 5. The fourth-order valence-electron chi connectivity index (χ4n) is 5.95. The van der Waals surface area contributed by atoms with E-state index in [2.05, 4.69) is 23.4 Å². The van der Waals surface area contributed by atoms with Gasteiger partial charge in [0.05, 0.1) is 57.2 Å². The third-order valence-corrected chi connectivity index (χ3v) is 8.58. The van der Waals surface area contributed by atoms with Crippen LogP contribution in [0.15, 0.2) is 31.4 Å². The lowest BCUT2D eigenvalue weighted by atomic mass is 10.1. The number of anilines is 1. The van der Waals surface area contributed by atoms with Crippen LogP contribution in [-0.4, -0.2) is 181 Å². The van der Waals surface area contributed by atoms with Crippen LogP contribution in [0.3, 0.4) is 0 Å². The first-order chi connectivity index (χ1) is 24.7. The van der Waals surface area contributed by atoms with E-state index < -0.39 is 30.1 Å². The molecule has 0 saturated carbocycles. The van der Waals surface area contributed by atoms with Crippen molar-refractivity contribution in [2.45, 2.75) is 18.5 Å². The van der Waals surface area contributed by atoms with Gasteiger partial charge in [0, 0.05) is 65.0 Å². The average molecular weight is 715 g/mol. The highest BCUT2D eigenvalue weighted by Crippen LogP contribution is 2.27. The van der Waals surface area contributed by atoms with E-state index in [9.17, 15) is 24.0 Å². The minimum Gasteiger partial charge on any atom is -0.445 e. The van der Waals surface area contributed by atoms with Gasteiger partial charge in [0.15, 0.2) is 5.78 Å². The van der Waals surface area contributed by atoms with Gasteiger partial charge in [-0.2, -0.15) is 10.4 Å². The van der Waals surface area contributed by atoms with E-state index in [1.807, 2.05) is 0 Å². The van der Waals surface area contributed by atoms with Gasteiger partial charge in [-0.05, 0) is 0 Å². The summed E-state index contributed by atoms with van der Waals surface area (Å²) in [4.78, 5) is 71.8. The molecule has 0 aromatic carbocycles. The molecular formula is C32H46N10O9. The van der Waals surface area contributed by atoms with Crippen molar-refractivity contribution >= 4 is 35.8 Å². The molecule has 5 heterocycles. The summed E-state index contributed by atoms with van der Waals surface area (Å²) in [6.45, 7) is 13.0. The van der Waals surface area contributed by atoms with E-state index in [0.29, 0.717) is 90.3 Å². The van der Waals surface area contributed by atoms with Crippen molar-refractivity contribution < 1.29 is 42.9 Å². The number of aromatic amines is 1. The molecule has 19 nitrogen and oxygen atoms in total. The molecule has 6 amide bonds. The Morgan fingerprint density at radius 1 is 0.824 bits per heavy atom. The Hall–Kier alpha value is -5.35. The maximum atomic E-state index is 12.8. The van der Waals surface area contributed by atoms with Gasteiger partial charge in [-0.1, -0.05) is 25.3 Å². The number of morpholine rings is 2. The molecule has 4 aliphatic rings. The summed E-state index contributed by atoms with van der Waals surface area (Å²) in [5.74, 6) is -0.0754. The largest absolute Gasteiger partial charge is 0.445 e. The Bertz CT molecular complexity index is 1440. The minimum absolute atomic E-state index is 0.0327. The van der Waals surface area contributed by atoms with Crippen molar-refractivity contribution in [3.8, 4) is 6.07 Å². The Balaban J connectivity index is 0.000000229. The normalized spacial score (nSPS) is 20.7. The predicted octanol–water partition coefficient (Wildman–Crippen LogP) is 0.656. The van der Waals surface area contributed by atoms with Crippen molar-refractivity contribution in [1.29, 1.82) is 5.26 Å². The smallest absolute Gasteiger partial charge is 0.410 e. The lowest BCUT2D eigenvalue weighted by Gasteiger charge is -2.42. The first kappa shape index (κ1) is 38.5. The molecule has 5 rings (SSSR count). The van der Waals surface area contributed by atoms with Gasteiger partial charge in [0.1, 0.15) is 25.1 Å². The number of aromatic nitrogens is 2. The number of nitrogens with one attached hydrogen (secondary N) is 1. The highest BCUT2D eigenvalue weighted by molar-refractivity contribution is 5.90. The molecule has 2 atom stereocenters. The molecule has 0 spiro atoms.